The second-order valence-corrected chi connectivity index (χ2v) is 4.38. The molecule has 1 amide bonds. The standard InChI is InChI=1S/C11H21NO/c1-4-6-7-11(5-2)8-10(13)12(3)9-11/h4-9H2,1-3H3. The first-order chi connectivity index (χ1) is 6.13. The lowest BCUT2D eigenvalue weighted by atomic mass is 9.79. The fourth-order valence-corrected chi connectivity index (χ4v) is 2.24. The summed E-state index contributed by atoms with van der Waals surface area (Å²) in [5, 5.41) is 0. The molecule has 0 spiro atoms. The SMILES string of the molecule is CCCCC1(CC)CC(=O)N(C)C1. The Kier molecular flexibility index (Phi) is 3.34. The fraction of sp³-hybridized carbons (Fsp3) is 0.909. The lowest BCUT2D eigenvalue weighted by Gasteiger charge is -2.26. The topological polar surface area (TPSA) is 20.3 Å². The van der Waals surface area contributed by atoms with Crippen molar-refractivity contribution in [1.82, 2.24) is 4.90 Å². The highest BCUT2D eigenvalue weighted by Gasteiger charge is 2.39. The zero-order chi connectivity index (χ0) is 9.90. The van der Waals surface area contributed by atoms with Crippen LogP contribution in [0.1, 0.15) is 46.0 Å². The van der Waals surface area contributed by atoms with E-state index in [2.05, 4.69) is 13.8 Å². The third-order valence-electron chi connectivity index (χ3n) is 3.34. The summed E-state index contributed by atoms with van der Waals surface area (Å²) in [4.78, 5) is 13.3. The molecular weight excluding hydrogens is 162 g/mol. The summed E-state index contributed by atoms with van der Waals surface area (Å²) >= 11 is 0. The molecule has 1 fully saturated rings. The largest absolute Gasteiger partial charge is 0.345 e. The summed E-state index contributed by atoms with van der Waals surface area (Å²) in [6.45, 7) is 5.40. The minimum atomic E-state index is 0.307. The summed E-state index contributed by atoms with van der Waals surface area (Å²) in [5.41, 5.74) is 0.307. The molecule has 0 saturated carbocycles. The van der Waals surface area contributed by atoms with Gasteiger partial charge < -0.3 is 4.90 Å². The molecule has 1 unspecified atom stereocenters. The van der Waals surface area contributed by atoms with Crippen LogP contribution in [0.3, 0.4) is 0 Å². The van der Waals surface area contributed by atoms with Gasteiger partial charge in [0.05, 0.1) is 0 Å². The first-order valence-electron chi connectivity index (χ1n) is 5.37. The predicted molar refractivity (Wildman–Crippen MR) is 54.5 cm³/mol. The van der Waals surface area contributed by atoms with Gasteiger partial charge in [-0.2, -0.15) is 0 Å². The highest BCUT2D eigenvalue weighted by molar-refractivity contribution is 5.79. The van der Waals surface area contributed by atoms with Gasteiger partial charge in [-0.15, -0.1) is 0 Å². The minimum Gasteiger partial charge on any atom is -0.345 e. The molecule has 0 aromatic carbocycles. The lowest BCUT2D eigenvalue weighted by molar-refractivity contribution is -0.126. The molecule has 1 aliphatic rings. The molecule has 1 aliphatic heterocycles. The second-order valence-electron chi connectivity index (χ2n) is 4.38. The van der Waals surface area contributed by atoms with E-state index in [0.717, 1.165) is 19.4 Å². The molecule has 0 aromatic rings. The van der Waals surface area contributed by atoms with E-state index in [4.69, 9.17) is 0 Å². The van der Waals surface area contributed by atoms with Crippen LogP contribution in [0.5, 0.6) is 0 Å². The zero-order valence-electron chi connectivity index (χ0n) is 9.10. The Morgan fingerprint density at radius 3 is 2.54 bits per heavy atom. The normalized spacial score (nSPS) is 28.5. The molecular formula is C11H21NO. The number of hydrogen-bond donors (Lipinski definition) is 0. The van der Waals surface area contributed by atoms with Gasteiger partial charge in [0.2, 0.25) is 5.91 Å². The zero-order valence-corrected chi connectivity index (χ0v) is 9.10. The fourth-order valence-electron chi connectivity index (χ4n) is 2.24. The first kappa shape index (κ1) is 10.6. The highest BCUT2D eigenvalue weighted by atomic mass is 16.2. The van der Waals surface area contributed by atoms with Gasteiger partial charge in [-0.1, -0.05) is 26.7 Å². The molecule has 1 heterocycles. The van der Waals surface area contributed by atoms with Crippen LogP contribution in [0.15, 0.2) is 0 Å². The van der Waals surface area contributed by atoms with Crippen LogP contribution in [0.25, 0.3) is 0 Å². The molecule has 76 valence electrons. The van der Waals surface area contributed by atoms with E-state index in [-0.39, 0.29) is 0 Å². The third-order valence-corrected chi connectivity index (χ3v) is 3.34. The van der Waals surface area contributed by atoms with Gasteiger partial charge in [0.15, 0.2) is 0 Å². The summed E-state index contributed by atoms with van der Waals surface area (Å²) < 4.78 is 0. The lowest BCUT2D eigenvalue weighted by Crippen LogP contribution is -2.24. The molecule has 0 aliphatic carbocycles. The van der Waals surface area contributed by atoms with Gasteiger partial charge in [-0.05, 0) is 18.3 Å². The predicted octanol–water partition coefficient (Wildman–Crippen LogP) is 2.44. The smallest absolute Gasteiger partial charge is 0.222 e. The Bertz CT molecular complexity index is 191. The van der Waals surface area contributed by atoms with Crippen molar-refractivity contribution in [2.75, 3.05) is 13.6 Å². The van der Waals surface area contributed by atoms with Crippen LogP contribution < -0.4 is 0 Å². The van der Waals surface area contributed by atoms with Crippen molar-refractivity contribution < 1.29 is 4.79 Å². The van der Waals surface area contributed by atoms with Crippen molar-refractivity contribution in [3.8, 4) is 0 Å². The third kappa shape index (κ3) is 2.23. The van der Waals surface area contributed by atoms with Crippen LogP contribution in [0.4, 0.5) is 0 Å². The minimum absolute atomic E-state index is 0.307. The summed E-state index contributed by atoms with van der Waals surface area (Å²) in [5.74, 6) is 0.331. The average molecular weight is 183 g/mol. The van der Waals surface area contributed by atoms with Gasteiger partial charge in [0.1, 0.15) is 0 Å². The van der Waals surface area contributed by atoms with E-state index in [1.807, 2.05) is 11.9 Å². The van der Waals surface area contributed by atoms with E-state index in [9.17, 15) is 4.79 Å². The highest BCUT2D eigenvalue weighted by Crippen LogP contribution is 2.38. The number of rotatable bonds is 4. The molecule has 0 radical (unpaired) electrons. The molecule has 0 aromatic heterocycles. The van der Waals surface area contributed by atoms with Crippen LogP contribution in [-0.4, -0.2) is 24.4 Å². The quantitative estimate of drug-likeness (QED) is 0.655. The van der Waals surface area contributed by atoms with Crippen molar-refractivity contribution in [2.24, 2.45) is 5.41 Å². The van der Waals surface area contributed by atoms with Crippen molar-refractivity contribution in [3.63, 3.8) is 0 Å². The number of hydrogen-bond acceptors (Lipinski definition) is 1. The Labute approximate surface area is 81.3 Å². The molecule has 1 rings (SSSR count). The number of carbonyl (C=O) groups excluding carboxylic acids is 1. The van der Waals surface area contributed by atoms with E-state index in [1.165, 1.54) is 19.3 Å². The average Bonchev–Trinajstić information content (AvgIpc) is 2.40. The number of likely N-dealkylation sites (tertiary alicyclic amines) is 1. The van der Waals surface area contributed by atoms with Gasteiger partial charge in [0, 0.05) is 20.0 Å². The molecule has 13 heavy (non-hydrogen) atoms. The Morgan fingerprint density at radius 1 is 1.46 bits per heavy atom. The maximum absolute atomic E-state index is 11.4. The summed E-state index contributed by atoms with van der Waals surface area (Å²) in [7, 11) is 1.92. The molecule has 2 nitrogen and oxygen atoms in total. The monoisotopic (exact) mass is 183 g/mol. The van der Waals surface area contributed by atoms with E-state index < -0.39 is 0 Å². The van der Waals surface area contributed by atoms with Crippen LogP contribution >= 0.6 is 0 Å². The number of nitrogens with zero attached hydrogens (tertiary/aromatic N) is 1. The van der Waals surface area contributed by atoms with E-state index in [0.29, 0.717) is 11.3 Å². The van der Waals surface area contributed by atoms with E-state index >= 15 is 0 Å². The van der Waals surface area contributed by atoms with Crippen LogP contribution in [-0.2, 0) is 4.79 Å². The van der Waals surface area contributed by atoms with Gasteiger partial charge in [-0.3, -0.25) is 4.79 Å². The van der Waals surface area contributed by atoms with Gasteiger partial charge in [0.25, 0.3) is 0 Å². The maximum atomic E-state index is 11.4. The molecule has 2 heteroatoms. The van der Waals surface area contributed by atoms with Crippen molar-refractivity contribution in [1.29, 1.82) is 0 Å². The maximum Gasteiger partial charge on any atom is 0.222 e. The van der Waals surface area contributed by atoms with Crippen LogP contribution in [0, 0.1) is 5.41 Å². The molecule has 1 saturated heterocycles. The van der Waals surface area contributed by atoms with Gasteiger partial charge >= 0.3 is 0 Å². The number of unbranched alkanes of at least 4 members (excludes halogenated alkanes) is 1. The number of carbonyl (C=O) groups is 1. The Hall–Kier alpha value is -0.530. The van der Waals surface area contributed by atoms with E-state index in [1.54, 1.807) is 0 Å². The Balaban J connectivity index is 2.56. The van der Waals surface area contributed by atoms with Crippen molar-refractivity contribution in [2.45, 2.75) is 46.0 Å². The molecule has 1 atom stereocenters. The molecule has 0 bridgehead atoms. The second kappa shape index (κ2) is 4.12. The first-order valence-corrected chi connectivity index (χ1v) is 5.37. The van der Waals surface area contributed by atoms with Gasteiger partial charge in [-0.25, -0.2) is 0 Å². The van der Waals surface area contributed by atoms with Crippen LogP contribution in [0.2, 0.25) is 0 Å². The molecule has 0 N–H and O–H groups in total. The Morgan fingerprint density at radius 2 is 2.15 bits per heavy atom. The summed E-state index contributed by atoms with van der Waals surface area (Å²) in [6, 6.07) is 0. The van der Waals surface area contributed by atoms with Crippen molar-refractivity contribution >= 4 is 5.91 Å². The van der Waals surface area contributed by atoms with Crippen molar-refractivity contribution in [3.05, 3.63) is 0 Å². The number of amides is 1. The summed E-state index contributed by atoms with van der Waals surface area (Å²) in [6.07, 6.45) is 5.63.